The lowest BCUT2D eigenvalue weighted by Crippen LogP contribution is -2.46. The summed E-state index contributed by atoms with van der Waals surface area (Å²) in [5.41, 5.74) is 7.92. The minimum atomic E-state index is 0. The van der Waals surface area contributed by atoms with Gasteiger partial charge in [-0.15, -0.1) is 24.8 Å². The van der Waals surface area contributed by atoms with Crippen molar-refractivity contribution < 1.29 is 0 Å². The molecule has 1 saturated heterocycles. The van der Waals surface area contributed by atoms with Gasteiger partial charge in [-0.3, -0.25) is 4.90 Å². The first kappa shape index (κ1) is 18.5. The van der Waals surface area contributed by atoms with E-state index < -0.39 is 0 Å². The lowest BCUT2D eigenvalue weighted by atomic mass is 10.2. The molecule has 5 nitrogen and oxygen atoms in total. The second kappa shape index (κ2) is 8.78. The number of hydrogen-bond acceptors (Lipinski definition) is 5. The Balaban J connectivity index is 0.00000121. The fourth-order valence-corrected chi connectivity index (χ4v) is 2.51. The first-order chi connectivity index (χ1) is 9.81. The number of nitrogens with zero attached hydrogens (tertiary/aromatic N) is 4. The largest absolute Gasteiger partial charge is 0.399 e. The first-order valence-electron chi connectivity index (χ1n) is 6.90. The molecule has 22 heavy (non-hydrogen) atoms. The van der Waals surface area contributed by atoms with Crippen LogP contribution in [0.2, 0.25) is 0 Å². The van der Waals surface area contributed by atoms with Gasteiger partial charge in [0.2, 0.25) is 5.95 Å². The molecule has 0 aliphatic carbocycles. The minimum absolute atomic E-state index is 0. The van der Waals surface area contributed by atoms with E-state index in [1.165, 1.54) is 5.56 Å². The van der Waals surface area contributed by atoms with Crippen LogP contribution >= 0.6 is 24.8 Å². The molecular formula is C15H21Cl2N5. The zero-order valence-electron chi connectivity index (χ0n) is 12.3. The Labute approximate surface area is 143 Å². The molecule has 0 spiro atoms. The molecule has 3 rings (SSSR count). The summed E-state index contributed by atoms with van der Waals surface area (Å²) in [5, 5.41) is 0. The molecule has 1 aliphatic heterocycles. The van der Waals surface area contributed by atoms with Gasteiger partial charge in [0.25, 0.3) is 0 Å². The topological polar surface area (TPSA) is 58.3 Å². The lowest BCUT2D eigenvalue weighted by molar-refractivity contribution is 0.249. The summed E-state index contributed by atoms with van der Waals surface area (Å²) in [5.74, 6) is 0.830. The predicted molar refractivity (Wildman–Crippen MR) is 94.9 cm³/mol. The number of piperazine rings is 1. The number of benzene rings is 1. The van der Waals surface area contributed by atoms with Crippen molar-refractivity contribution in [3.63, 3.8) is 0 Å². The van der Waals surface area contributed by atoms with E-state index in [1.54, 1.807) is 12.4 Å². The molecule has 0 radical (unpaired) electrons. The molecule has 1 aromatic carbocycles. The van der Waals surface area contributed by atoms with E-state index in [0.717, 1.165) is 44.4 Å². The van der Waals surface area contributed by atoms with Gasteiger partial charge in [0, 0.05) is 50.8 Å². The van der Waals surface area contributed by atoms with Crippen molar-refractivity contribution in [1.82, 2.24) is 14.9 Å². The molecule has 1 aromatic heterocycles. The Morgan fingerprint density at radius 2 is 1.64 bits per heavy atom. The number of hydrogen-bond donors (Lipinski definition) is 1. The van der Waals surface area contributed by atoms with E-state index in [-0.39, 0.29) is 24.8 Å². The van der Waals surface area contributed by atoms with Crippen LogP contribution in [-0.4, -0.2) is 41.0 Å². The third-order valence-corrected chi connectivity index (χ3v) is 3.56. The summed E-state index contributed by atoms with van der Waals surface area (Å²) in [6, 6.07) is 9.96. The molecule has 0 unspecified atom stereocenters. The average Bonchev–Trinajstić information content (AvgIpc) is 2.49. The summed E-state index contributed by atoms with van der Waals surface area (Å²) >= 11 is 0. The van der Waals surface area contributed by atoms with E-state index >= 15 is 0 Å². The highest BCUT2D eigenvalue weighted by Gasteiger charge is 2.18. The number of anilines is 2. The van der Waals surface area contributed by atoms with Crippen LogP contribution in [0.25, 0.3) is 0 Å². The fourth-order valence-electron chi connectivity index (χ4n) is 2.51. The smallest absolute Gasteiger partial charge is 0.225 e. The Morgan fingerprint density at radius 1 is 0.955 bits per heavy atom. The quantitative estimate of drug-likeness (QED) is 0.867. The van der Waals surface area contributed by atoms with Crippen LogP contribution in [0.1, 0.15) is 5.56 Å². The van der Waals surface area contributed by atoms with Gasteiger partial charge >= 0.3 is 0 Å². The van der Waals surface area contributed by atoms with Gasteiger partial charge < -0.3 is 10.6 Å². The highest BCUT2D eigenvalue weighted by molar-refractivity contribution is 5.85. The highest BCUT2D eigenvalue weighted by Crippen LogP contribution is 2.13. The Kier molecular flexibility index (Phi) is 7.38. The van der Waals surface area contributed by atoms with Gasteiger partial charge in [-0.1, -0.05) is 12.1 Å². The normalized spacial score (nSPS) is 14.8. The van der Waals surface area contributed by atoms with Crippen molar-refractivity contribution in [2.45, 2.75) is 6.54 Å². The second-order valence-electron chi connectivity index (χ2n) is 5.06. The maximum atomic E-state index is 5.82. The molecule has 1 fully saturated rings. The van der Waals surface area contributed by atoms with Crippen LogP contribution in [0.4, 0.5) is 11.6 Å². The van der Waals surface area contributed by atoms with Crippen LogP contribution in [0.3, 0.4) is 0 Å². The van der Waals surface area contributed by atoms with Crippen LogP contribution in [0, 0.1) is 0 Å². The first-order valence-corrected chi connectivity index (χ1v) is 6.90. The van der Waals surface area contributed by atoms with Crippen LogP contribution in [0.5, 0.6) is 0 Å². The maximum absolute atomic E-state index is 5.82. The van der Waals surface area contributed by atoms with E-state index in [1.807, 2.05) is 24.3 Å². The predicted octanol–water partition coefficient (Wildman–Crippen LogP) is 2.22. The zero-order chi connectivity index (χ0) is 13.8. The Morgan fingerprint density at radius 3 is 2.27 bits per heavy atom. The molecule has 0 atom stereocenters. The summed E-state index contributed by atoms with van der Waals surface area (Å²) < 4.78 is 0. The van der Waals surface area contributed by atoms with Crippen LogP contribution in [-0.2, 0) is 6.54 Å². The molecule has 7 heteroatoms. The van der Waals surface area contributed by atoms with Gasteiger partial charge in [0.15, 0.2) is 0 Å². The van der Waals surface area contributed by atoms with Gasteiger partial charge in [-0.05, 0) is 23.8 Å². The van der Waals surface area contributed by atoms with Crippen molar-refractivity contribution >= 4 is 36.4 Å². The van der Waals surface area contributed by atoms with E-state index in [9.17, 15) is 0 Å². The van der Waals surface area contributed by atoms with Crippen molar-refractivity contribution in [3.8, 4) is 0 Å². The van der Waals surface area contributed by atoms with Gasteiger partial charge in [-0.25, -0.2) is 9.97 Å². The number of aromatic nitrogens is 2. The van der Waals surface area contributed by atoms with Gasteiger partial charge in [0.05, 0.1) is 0 Å². The average molecular weight is 342 g/mol. The fraction of sp³-hybridized carbons (Fsp3) is 0.333. The summed E-state index contributed by atoms with van der Waals surface area (Å²) in [7, 11) is 0. The summed E-state index contributed by atoms with van der Waals surface area (Å²) in [6.45, 7) is 4.92. The minimum Gasteiger partial charge on any atom is -0.399 e. The molecule has 0 saturated carbocycles. The van der Waals surface area contributed by atoms with Crippen molar-refractivity contribution in [2.75, 3.05) is 36.8 Å². The van der Waals surface area contributed by atoms with Crippen LogP contribution in [0.15, 0.2) is 42.7 Å². The highest BCUT2D eigenvalue weighted by atomic mass is 35.5. The van der Waals surface area contributed by atoms with E-state index in [4.69, 9.17) is 5.73 Å². The zero-order valence-corrected chi connectivity index (χ0v) is 13.9. The van der Waals surface area contributed by atoms with Crippen molar-refractivity contribution in [3.05, 3.63) is 48.3 Å². The monoisotopic (exact) mass is 341 g/mol. The molecule has 0 bridgehead atoms. The number of halogens is 2. The molecule has 2 aromatic rings. The third kappa shape index (κ3) is 4.73. The summed E-state index contributed by atoms with van der Waals surface area (Å²) in [6.07, 6.45) is 3.59. The number of nitrogens with two attached hydrogens (primary N) is 1. The Bertz CT molecular complexity index is 559. The molecule has 2 heterocycles. The Hall–Kier alpha value is -1.56. The number of rotatable bonds is 3. The maximum Gasteiger partial charge on any atom is 0.225 e. The molecule has 2 N–H and O–H groups in total. The van der Waals surface area contributed by atoms with Crippen LogP contribution < -0.4 is 10.6 Å². The molecule has 0 amide bonds. The molecular weight excluding hydrogens is 321 g/mol. The standard InChI is InChI=1S/C15H19N5.2ClH/c16-14-4-1-3-13(11-14)12-19-7-9-20(10-8-19)15-17-5-2-6-18-15;;/h1-6,11H,7-10,12,16H2;2*1H. The molecule has 120 valence electrons. The van der Waals surface area contributed by atoms with E-state index in [2.05, 4.69) is 25.8 Å². The van der Waals surface area contributed by atoms with Crippen molar-refractivity contribution in [1.29, 1.82) is 0 Å². The number of nitrogen functional groups attached to an aromatic ring is 1. The van der Waals surface area contributed by atoms with E-state index in [0.29, 0.717) is 0 Å². The summed E-state index contributed by atoms with van der Waals surface area (Å²) in [4.78, 5) is 13.3. The molecule has 1 aliphatic rings. The van der Waals surface area contributed by atoms with Crippen molar-refractivity contribution in [2.24, 2.45) is 0 Å². The lowest BCUT2D eigenvalue weighted by Gasteiger charge is -2.34. The second-order valence-corrected chi connectivity index (χ2v) is 5.06. The third-order valence-electron chi connectivity index (χ3n) is 3.56. The van der Waals surface area contributed by atoms with Gasteiger partial charge in [0.1, 0.15) is 0 Å². The van der Waals surface area contributed by atoms with Gasteiger partial charge in [-0.2, -0.15) is 0 Å². The SMILES string of the molecule is Cl.Cl.Nc1cccc(CN2CCN(c3ncccn3)CC2)c1.